The second kappa shape index (κ2) is 6.26. The summed E-state index contributed by atoms with van der Waals surface area (Å²) in [6.45, 7) is 1.04. The Morgan fingerprint density at radius 1 is 1.11 bits per heavy atom. The lowest BCUT2D eigenvalue weighted by atomic mass is 9.67. The number of nitrogens with one attached hydrogen (secondary N) is 1. The molecule has 0 amide bonds. The van der Waals surface area contributed by atoms with Gasteiger partial charge in [0.2, 0.25) is 0 Å². The summed E-state index contributed by atoms with van der Waals surface area (Å²) in [5.74, 6) is 0.661. The van der Waals surface area contributed by atoms with Gasteiger partial charge in [-0.1, -0.05) is 48.0 Å². The van der Waals surface area contributed by atoms with Crippen LogP contribution in [0.15, 0.2) is 65.3 Å². The molecule has 146 valence electrons. The third kappa shape index (κ3) is 2.83. The van der Waals surface area contributed by atoms with Crippen LogP contribution in [0.2, 0.25) is 0 Å². The van der Waals surface area contributed by atoms with E-state index in [1.54, 1.807) is 6.20 Å². The van der Waals surface area contributed by atoms with Crippen molar-refractivity contribution in [2.75, 3.05) is 13.1 Å². The molecule has 2 aromatic rings. The van der Waals surface area contributed by atoms with Gasteiger partial charge in [-0.3, -0.25) is 0 Å². The van der Waals surface area contributed by atoms with Crippen molar-refractivity contribution in [2.24, 2.45) is 5.92 Å². The summed E-state index contributed by atoms with van der Waals surface area (Å²) in [6.07, 6.45) is 0.340. The third-order valence-electron chi connectivity index (χ3n) is 6.34. The average Bonchev–Trinajstić information content (AvgIpc) is 3.22. The third-order valence-corrected chi connectivity index (χ3v) is 6.67. The van der Waals surface area contributed by atoms with Gasteiger partial charge in [0.25, 0.3) is 0 Å². The zero-order valence-electron chi connectivity index (χ0n) is 15.1. The van der Waals surface area contributed by atoms with Gasteiger partial charge in [-0.15, -0.1) is 0 Å². The van der Waals surface area contributed by atoms with Gasteiger partial charge in [-0.2, -0.15) is 13.2 Å². The molecule has 28 heavy (non-hydrogen) atoms. The summed E-state index contributed by atoms with van der Waals surface area (Å²) >= 11 is 6.10. The van der Waals surface area contributed by atoms with Crippen LogP contribution in [0.3, 0.4) is 0 Å². The second-order valence-corrected chi connectivity index (χ2v) is 8.58. The standard InChI is InChI=1S/C22H20ClF3N2/c23-19-13-28(8-7-18(19)22(24,25)26)20(21-10-14(11-21)12-27-21)17-6-5-15-3-1-2-4-16(15)9-17/h1-9,14,20,27H,10-13H2. The lowest BCUT2D eigenvalue weighted by molar-refractivity contribution is -0.0894. The molecule has 0 radical (unpaired) electrons. The topological polar surface area (TPSA) is 15.3 Å². The van der Waals surface area contributed by atoms with Crippen molar-refractivity contribution in [3.63, 3.8) is 0 Å². The van der Waals surface area contributed by atoms with Crippen LogP contribution in [0.4, 0.5) is 13.2 Å². The van der Waals surface area contributed by atoms with E-state index in [9.17, 15) is 13.2 Å². The van der Waals surface area contributed by atoms with Crippen LogP contribution in [-0.2, 0) is 0 Å². The highest BCUT2D eigenvalue weighted by atomic mass is 35.5. The van der Waals surface area contributed by atoms with Gasteiger partial charge in [-0.25, -0.2) is 0 Å². The molecule has 1 saturated carbocycles. The van der Waals surface area contributed by atoms with Crippen LogP contribution in [-0.4, -0.2) is 29.7 Å². The Morgan fingerprint density at radius 3 is 2.50 bits per heavy atom. The number of benzene rings is 2. The maximum absolute atomic E-state index is 13.2. The van der Waals surface area contributed by atoms with Crippen LogP contribution in [0, 0.1) is 5.92 Å². The minimum Gasteiger partial charge on any atom is -0.363 e. The minimum atomic E-state index is -4.43. The molecule has 3 fully saturated rings. The molecule has 3 aliphatic heterocycles. The van der Waals surface area contributed by atoms with Gasteiger partial charge in [0.05, 0.1) is 18.2 Å². The van der Waals surface area contributed by atoms with Gasteiger partial charge < -0.3 is 10.2 Å². The number of hydrogen-bond acceptors (Lipinski definition) is 2. The number of hydrogen-bond donors (Lipinski definition) is 1. The summed E-state index contributed by atoms with van der Waals surface area (Å²) in [7, 11) is 0. The van der Waals surface area contributed by atoms with Crippen LogP contribution in [0.1, 0.15) is 24.4 Å². The summed E-state index contributed by atoms with van der Waals surface area (Å²) < 4.78 is 39.5. The van der Waals surface area contributed by atoms with Crippen molar-refractivity contribution in [1.82, 2.24) is 10.2 Å². The minimum absolute atomic E-state index is 0.0596. The number of fused-ring (bicyclic) bond motifs is 2. The highest BCUT2D eigenvalue weighted by molar-refractivity contribution is 6.30. The Balaban J connectivity index is 1.55. The van der Waals surface area contributed by atoms with Crippen LogP contribution < -0.4 is 5.32 Å². The normalized spacial score (nSPS) is 28.0. The van der Waals surface area contributed by atoms with E-state index in [4.69, 9.17) is 11.6 Å². The molecule has 1 N–H and O–H groups in total. The first-order valence-electron chi connectivity index (χ1n) is 9.49. The van der Waals surface area contributed by atoms with Crippen molar-refractivity contribution in [3.8, 4) is 0 Å². The predicted octanol–water partition coefficient (Wildman–Crippen LogP) is 5.52. The Morgan fingerprint density at radius 2 is 1.86 bits per heavy atom. The maximum atomic E-state index is 13.2. The zero-order valence-corrected chi connectivity index (χ0v) is 15.9. The number of halogens is 4. The van der Waals surface area contributed by atoms with Crippen molar-refractivity contribution in [3.05, 3.63) is 70.9 Å². The van der Waals surface area contributed by atoms with E-state index in [-0.39, 0.29) is 23.2 Å². The van der Waals surface area contributed by atoms with E-state index in [0.717, 1.165) is 41.8 Å². The molecule has 6 rings (SSSR count). The molecule has 1 aliphatic carbocycles. The Bertz CT molecular complexity index is 983. The monoisotopic (exact) mass is 404 g/mol. The van der Waals surface area contributed by atoms with E-state index in [1.165, 1.54) is 0 Å². The van der Waals surface area contributed by atoms with Crippen LogP contribution in [0.5, 0.6) is 0 Å². The highest BCUT2D eigenvalue weighted by Gasteiger charge is 2.56. The summed E-state index contributed by atoms with van der Waals surface area (Å²) in [5, 5.41) is 5.79. The Labute approximate surface area is 166 Å². The predicted molar refractivity (Wildman–Crippen MR) is 105 cm³/mol. The molecule has 6 heteroatoms. The quantitative estimate of drug-likeness (QED) is 0.724. The summed E-state index contributed by atoms with van der Waals surface area (Å²) in [5.41, 5.74) is 0.256. The highest BCUT2D eigenvalue weighted by Crippen LogP contribution is 2.54. The fraction of sp³-hybridized carbons (Fsp3) is 0.364. The largest absolute Gasteiger partial charge is 0.417 e. The fourth-order valence-corrected chi connectivity index (χ4v) is 5.43. The van der Waals surface area contributed by atoms with E-state index in [2.05, 4.69) is 35.6 Å². The van der Waals surface area contributed by atoms with Gasteiger partial charge >= 0.3 is 6.18 Å². The molecule has 2 nitrogen and oxygen atoms in total. The maximum Gasteiger partial charge on any atom is 0.417 e. The lowest BCUT2D eigenvalue weighted by Crippen LogP contribution is -2.54. The summed E-state index contributed by atoms with van der Waals surface area (Å²) in [6, 6.07) is 14.4. The van der Waals surface area contributed by atoms with E-state index >= 15 is 0 Å². The molecule has 3 heterocycles. The van der Waals surface area contributed by atoms with E-state index in [0.29, 0.717) is 5.92 Å². The second-order valence-electron chi connectivity index (χ2n) is 8.12. The first-order chi connectivity index (χ1) is 13.4. The molecular weight excluding hydrogens is 385 g/mol. The van der Waals surface area contributed by atoms with Gasteiger partial charge in [0, 0.05) is 16.8 Å². The van der Waals surface area contributed by atoms with Crippen molar-refractivity contribution < 1.29 is 13.2 Å². The Kier molecular flexibility index (Phi) is 4.04. The van der Waals surface area contributed by atoms with Crippen LogP contribution >= 0.6 is 11.6 Å². The molecule has 0 aromatic heterocycles. The van der Waals surface area contributed by atoms with E-state index < -0.39 is 11.7 Å². The fourth-order valence-electron chi connectivity index (χ4n) is 5.12. The molecule has 2 bridgehead atoms. The van der Waals surface area contributed by atoms with Crippen molar-refractivity contribution >= 4 is 22.4 Å². The molecule has 4 aliphatic rings. The van der Waals surface area contributed by atoms with Crippen molar-refractivity contribution in [1.29, 1.82) is 0 Å². The van der Waals surface area contributed by atoms with Gasteiger partial charge in [0.1, 0.15) is 0 Å². The zero-order chi connectivity index (χ0) is 19.5. The molecule has 1 atom stereocenters. The average molecular weight is 405 g/mol. The lowest BCUT2D eigenvalue weighted by Gasteiger charge is -2.49. The SMILES string of the molecule is FC(F)(F)C1=C(Cl)CN(C(c2ccc3ccccc3c2)C23CC(CN2)C3)C=C1. The molecule has 1 unspecified atom stereocenters. The van der Waals surface area contributed by atoms with Crippen molar-refractivity contribution in [2.45, 2.75) is 30.6 Å². The number of rotatable bonds is 3. The number of alkyl halides is 3. The van der Waals surface area contributed by atoms with Crippen LogP contribution in [0.25, 0.3) is 10.8 Å². The first-order valence-corrected chi connectivity index (χ1v) is 9.87. The molecule has 2 aromatic carbocycles. The Hall–Kier alpha value is -1.98. The van der Waals surface area contributed by atoms with E-state index in [1.807, 2.05) is 17.0 Å². The number of allylic oxidation sites excluding steroid dienone is 2. The van der Waals surface area contributed by atoms with Gasteiger partial charge in [-0.05, 0) is 53.8 Å². The summed E-state index contributed by atoms with van der Waals surface area (Å²) in [4.78, 5) is 1.97. The smallest absolute Gasteiger partial charge is 0.363 e. The molecular formula is C22H20ClF3N2. The molecule has 0 spiro atoms. The first kappa shape index (κ1) is 18.1. The molecule has 2 saturated heterocycles. The number of nitrogens with zero attached hydrogens (tertiary/aromatic N) is 1. The van der Waals surface area contributed by atoms with Gasteiger partial charge in [0.15, 0.2) is 0 Å².